The van der Waals surface area contributed by atoms with Gasteiger partial charge in [0.1, 0.15) is 11.0 Å². The highest BCUT2D eigenvalue weighted by atomic mass is 16.6. The summed E-state index contributed by atoms with van der Waals surface area (Å²) in [4.78, 5) is 23.7. The van der Waals surface area contributed by atoms with Crippen molar-refractivity contribution in [1.29, 1.82) is 0 Å². The Labute approximate surface area is 131 Å². The number of nitro groups is 1. The van der Waals surface area contributed by atoms with Crippen LogP contribution in [0.25, 0.3) is 0 Å². The fourth-order valence-electron chi connectivity index (χ4n) is 2.33. The van der Waals surface area contributed by atoms with Gasteiger partial charge in [-0.3, -0.25) is 14.9 Å². The lowest BCUT2D eigenvalue weighted by Crippen LogP contribution is -2.30. The van der Waals surface area contributed by atoms with Gasteiger partial charge in [-0.2, -0.15) is 5.10 Å². The van der Waals surface area contributed by atoms with Crippen molar-refractivity contribution in [2.24, 2.45) is 0 Å². The number of likely N-dealkylation sites (tertiary alicyclic amines) is 1. The molecule has 1 aliphatic heterocycles. The number of hydrogen-bond acceptors (Lipinski definition) is 7. The molecule has 23 heavy (non-hydrogen) atoms. The monoisotopic (exact) mass is 318 g/mol. The van der Waals surface area contributed by atoms with E-state index in [0.29, 0.717) is 25.4 Å². The van der Waals surface area contributed by atoms with Gasteiger partial charge in [-0.25, -0.2) is 0 Å². The molecule has 9 nitrogen and oxygen atoms in total. The largest absolute Gasteiger partial charge is 0.471 e. The van der Waals surface area contributed by atoms with Crippen molar-refractivity contribution in [3.63, 3.8) is 0 Å². The van der Waals surface area contributed by atoms with E-state index in [4.69, 9.17) is 9.15 Å². The minimum Gasteiger partial charge on any atom is -0.471 e. The van der Waals surface area contributed by atoms with Gasteiger partial charge in [0.25, 0.3) is 5.91 Å². The van der Waals surface area contributed by atoms with Gasteiger partial charge in [-0.15, -0.1) is 5.10 Å². The second-order valence-electron chi connectivity index (χ2n) is 5.19. The molecular weight excluding hydrogens is 304 g/mol. The van der Waals surface area contributed by atoms with Crippen LogP contribution in [0, 0.1) is 17.0 Å². The van der Waals surface area contributed by atoms with Crippen LogP contribution < -0.4 is 4.74 Å². The molecule has 0 aliphatic carbocycles. The number of carbonyl (C=O) groups excluding carboxylic acids is 1. The highest BCUT2D eigenvalue weighted by molar-refractivity contribution is 5.92. The van der Waals surface area contributed by atoms with Gasteiger partial charge >= 0.3 is 5.88 Å². The number of nitrogens with zero attached hydrogens (tertiary/aromatic N) is 4. The Kier molecular flexibility index (Phi) is 3.92. The van der Waals surface area contributed by atoms with Crippen LogP contribution in [0.1, 0.15) is 22.7 Å². The molecule has 1 amide bonds. The van der Waals surface area contributed by atoms with Crippen molar-refractivity contribution in [2.45, 2.75) is 19.4 Å². The summed E-state index contributed by atoms with van der Waals surface area (Å²) in [6.07, 6.45) is 0.449. The van der Waals surface area contributed by atoms with Gasteiger partial charge < -0.3 is 14.1 Å². The van der Waals surface area contributed by atoms with E-state index in [1.54, 1.807) is 12.1 Å². The molecule has 0 aromatic carbocycles. The minimum atomic E-state index is -0.678. The highest BCUT2D eigenvalue weighted by Crippen LogP contribution is 2.21. The van der Waals surface area contributed by atoms with Gasteiger partial charge in [0, 0.05) is 19.0 Å². The van der Waals surface area contributed by atoms with Crippen LogP contribution in [0.2, 0.25) is 0 Å². The molecule has 1 atom stereocenters. The lowest BCUT2D eigenvalue weighted by Gasteiger charge is -2.15. The van der Waals surface area contributed by atoms with Gasteiger partial charge in [0.15, 0.2) is 5.76 Å². The predicted molar refractivity (Wildman–Crippen MR) is 77.1 cm³/mol. The Morgan fingerprint density at radius 3 is 2.87 bits per heavy atom. The third-order valence-electron chi connectivity index (χ3n) is 3.48. The van der Waals surface area contributed by atoms with Crippen molar-refractivity contribution in [3.05, 3.63) is 45.8 Å². The molecule has 3 rings (SSSR count). The maximum Gasteiger partial charge on any atom is 0.433 e. The summed E-state index contributed by atoms with van der Waals surface area (Å²) >= 11 is 0. The number of aryl methyl sites for hydroxylation is 1. The Morgan fingerprint density at radius 1 is 1.39 bits per heavy atom. The number of rotatable bonds is 4. The average molecular weight is 318 g/mol. The standard InChI is InChI=1S/C14H14N4O5/c1-9-2-4-12(16-15-9)22-10-6-7-17(8-10)14(19)11-3-5-13(23-11)18(20)21/h2-5,10H,6-8H2,1H3. The molecular formula is C14H14N4O5. The van der Waals surface area contributed by atoms with Crippen LogP contribution in [0.5, 0.6) is 5.88 Å². The van der Waals surface area contributed by atoms with Crippen molar-refractivity contribution in [2.75, 3.05) is 13.1 Å². The predicted octanol–water partition coefficient (Wildman–Crippen LogP) is 1.58. The number of ether oxygens (including phenoxy) is 1. The molecule has 9 heteroatoms. The number of hydrogen-bond donors (Lipinski definition) is 0. The smallest absolute Gasteiger partial charge is 0.433 e. The Bertz CT molecular complexity index is 727. The van der Waals surface area contributed by atoms with Gasteiger partial charge in [0.05, 0.1) is 18.3 Å². The maximum atomic E-state index is 12.3. The molecule has 1 saturated heterocycles. The zero-order chi connectivity index (χ0) is 16.4. The molecule has 120 valence electrons. The molecule has 0 radical (unpaired) electrons. The Morgan fingerprint density at radius 2 is 2.22 bits per heavy atom. The average Bonchev–Trinajstić information content (AvgIpc) is 3.18. The van der Waals surface area contributed by atoms with Crippen molar-refractivity contribution >= 4 is 11.8 Å². The zero-order valence-corrected chi connectivity index (χ0v) is 12.3. The maximum absolute atomic E-state index is 12.3. The number of aromatic nitrogens is 2. The first kappa shape index (κ1) is 14.9. The van der Waals surface area contributed by atoms with E-state index in [1.807, 2.05) is 6.92 Å². The Balaban J connectivity index is 1.61. The first-order valence-electron chi connectivity index (χ1n) is 7.03. The van der Waals surface area contributed by atoms with Crippen LogP contribution in [0.4, 0.5) is 5.88 Å². The SMILES string of the molecule is Cc1ccc(OC2CCN(C(=O)c3ccc([N+](=O)[O-])o3)C2)nn1. The normalized spacial score (nSPS) is 17.3. The fraction of sp³-hybridized carbons (Fsp3) is 0.357. The van der Waals surface area contributed by atoms with Crippen LogP contribution in [0.15, 0.2) is 28.7 Å². The first-order chi connectivity index (χ1) is 11.0. The van der Waals surface area contributed by atoms with Crippen LogP contribution in [0.3, 0.4) is 0 Å². The van der Waals surface area contributed by atoms with Crippen molar-refractivity contribution in [1.82, 2.24) is 15.1 Å². The lowest BCUT2D eigenvalue weighted by molar-refractivity contribution is -0.402. The van der Waals surface area contributed by atoms with E-state index < -0.39 is 10.8 Å². The number of furan rings is 1. The summed E-state index contributed by atoms with van der Waals surface area (Å²) in [6, 6.07) is 5.99. The van der Waals surface area contributed by atoms with E-state index in [2.05, 4.69) is 10.2 Å². The third kappa shape index (κ3) is 3.28. The fourth-order valence-corrected chi connectivity index (χ4v) is 2.33. The molecule has 0 N–H and O–H groups in total. The summed E-state index contributed by atoms with van der Waals surface area (Å²) in [5.41, 5.74) is 0.792. The molecule has 2 aromatic heterocycles. The molecule has 1 fully saturated rings. The van der Waals surface area contributed by atoms with Gasteiger partial charge in [-0.05, 0) is 19.1 Å². The van der Waals surface area contributed by atoms with Gasteiger partial charge in [-0.1, -0.05) is 0 Å². The number of amides is 1. The summed E-state index contributed by atoms with van der Waals surface area (Å²) in [5, 5.41) is 18.4. The summed E-state index contributed by atoms with van der Waals surface area (Å²) in [7, 11) is 0. The quantitative estimate of drug-likeness (QED) is 0.621. The van der Waals surface area contributed by atoms with Crippen molar-refractivity contribution < 1.29 is 18.9 Å². The minimum absolute atomic E-state index is 0.0486. The summed E-state index contributed by atoms with van der Waals surface area (Å²) < 4.78 is 10.6. The van der Waals surface area contributed by atoms with E-state index in [9.17, 15) is 14.9 Å². The van der Waals surface area contributed by atoms with E-state index >= 15 is 0 Å². The summed E-state index contributed by atoms with van der Waals surface area (Å²) in [6.45, 7) is 2.68. The molecule has 0 bridgehead atoms. The van der Waals surface area contributed by atoms with Crippen LogP contribution in [-0.2, 0) is 0 Å². The van der Waals surface area contributed by atoms with E-state index in [-0.39, 0.29) is 17.8 Å². The first-order valence-corrected chi connectivity index (χ1v) is 7.03. The zero-order valence-electron chi connectivity index (χ0n) is 12.3. The van der Waals surface area contributed by atoms with Crippen LogP contribution >= 0.6 is 0 Å². The lowest BCUT2D eigenvalue weighted by atomic mass is 10.3. The third-order valence-corrected chi connectivity index (χ3v) is 3.48. The van der Waals surface area contributed by atoms with E-state index in [1.165, 1.54) is 17.0 Å². The molecule has 3 heterocycles. The number of carbonyl (C=O) groups is 1. The second kappa shape index (κ2) is 6.03. The molecule has 1 unspecified atom stereocenters. The second-order valence-corrected chi connectivity index (χ2v) is 5.19. The van der Waals surface area contributed by atoms with Crippen molar-refractivity contribution in [3.8, 4) is 5.88 Å². The summed E-state index contributed by atoms with van der Waals surface area (Å²) in [5.74, 6) is -0.481. The highest BCUT2D eigenvalue weighted by Gasteiger charge is 2.31. The van der Waals surface area contributed by atoms with Gasteiger partial charge in [0.2, 0.25) is 5.88 Å². The molecule has 1 aliphatic rings. The van der Waals surface area contributed by atoms with Crippen LogP contribution in [-0.4, -0.2) is 45.1 Å². The molecule has 2 aromatic rings. The topological polar surface area (TPSA) is 112 Å². The van der Waals surface area contributed by atoms with E-state index in [0.717, 1.165) is 5.69 Å². The Hall–Kier alpha value is -2.97. The molecule has 0 spiro atoms. The molecule has 0 saturated carbocycles.